The van der Waals surface area contributed by atoms with Gasteiger partial charge in [0.05, 0.1) is 0 Å². The largest absolute Gasteiger partial charge is 0.345 e. The number of benzene rings is 1. The van der Waals surface area contributed by atoms with Gasteiger partial charge >= 0.3 is 0 Å². The third-order valence-corrected chi connectivity index (χ3v) is 4.86. The third-order valence-electron chi connectivity index (χ3n) is 4.86. The van der Waals surface area contributed by atoms with Gasteiger partial charge in [0.2, 0.25) is 0 Å². The molecule has 0 aliphatic carbocycles. The van der Waals surface area contributed by atoms with Crippen LogP contribution < -0.4 is 0 Å². The second kappa shape index (κ2) is 6.36. The standard InChI is InChI=1S/C19H27N3O/c1-14(2)20-9-11-21(12-10-20)19(23)17-5-6-18-16(13-17)7-8-22(18)15(3)4/h5-8,13-15H,9-12H2,1-4H3. The lowest BCUT2D eigenvalue weighted by atomic mass is 10.1. The van der Waals surface area contributed by atoms with Gasteiger partial charge in [0.15, 0.2) is 0 Å². The quantitative estimate of drug-likeness (QED) is 0.869. The van der Waals surface area contributed by atoms with Crippen molar-refractivity contribution in [3.63, 3.8) is 0 Å². The number of aromatic nitrogens is 1. The molecular formula is C19H27N3O. The Morgan fingerprint density at radius 3 is 2.26 bits per heavy atom. The molecule has 23 heavy (non-hydrogen) atoms. The molecular weight excluding hydrogens is 286 g/mol. The van der Waals surface area contributed by atoms with Crippen LogP contribution in [0.4, 0.5) is 0 Å². The third kappa shape index (κ3) is 3.13. The van der Waals surface area contributed by atoms with Crippen molar-refractivity contribution >= 4 is 16.8 Å². The molecule has 0 spiro atoms. The smallest absolute Gasteiger partial charge is 0.253 e. The molecule has 1 aromatic carbocycles. The van der Waals surface area contributed by atoms with E-state index < -0.39 is 0 Å². The predicted octanol–water partition coefficient (Wildman–Crippen LogP) is 3.39. The van der Waals surface area contributed by atoms with Crippen molar-refractivity contribution in [2.24, 2.45) is 0 Å². The lowest BCUT2D eigenvalue weighted by molar-refractivity contribution is 0.0595. The van der Waals surface area contributed by atoms with Gasteiger partial charge in [0.1, 0.15) is 0 Å². The van der Waals surface area contributed by atoms with Crippen molar-refractivity contribution in [1.29, 1.82) is 0 Å². The van der Waals surface area contributed by atoms with Gasteiger partial charge in [-0.25, -0.2) is 0 Å². The van der Waals surface area contributed by atoms with Crippen LogP contribution in [0.2, 0.25) is 0 Å². The van der Waals surface area contributed by atoms with Gasteiger partial charge in [-0.15, -0.1) is 0 Å². The van der Waals surface area contributed by atoms with E-state index in [9.17, 15) is 4.79 Å². The Morgan fingerprint density at radius 2 is 1.65 bits per heavy atom. The molecule has 124 valence electrons. The van der Waals surface area contributed by atoms with Crippen LogP contribution in [0.25, 0.3) is 10.9 Å². The average molecular weight is 313 g/mol. The molecule has 0 bridgehead atoms. The number of hydrogen-bond donors (Lipinski definition) is 0. The van der Waals surface area contributed by atoms with E-state index in [0.29, 0.717) is 12.1 Å². The van der Waals surface area contributed by atoms with Crippen LogP contribution in [-0.4, -0.2) is 52.5 Å². The molecule has 1 saturated heterocycles. The van der Waals surface area contributed by atoms with Crippen LogP contribution in [-0.2, 0) is 0 Å². The summed E-state index contributed by atoms with van der Waals surface area (Å²) in [7, 11) is 0. The highest BCUT2D eigenvalue weighted by atomic mass is 16.2. The Bertz CT molecular complexity index is 694. The van der Waals surface area contributed by atoms with E-state index in [0.717, 1.165) is 37.1 Å². The minimum Gasteiger partial charge on any atom is -0.345 e. The van der Waals surface area contributed by atoms with Crippen molar-refractivity contribution in [2.45, 2.75) is 39.8 Å². The molecule has 1 aliphatic rings. The van der Waals surface area contributed by atoms with E-state index in [1.54, 1.807) is 0 Å². The molecule has 2 aromatic rings. The van der Waals surface area contributed by atoms with Crippen molar-refractivity contribution in [3.8, 4) is 0 Å². The molecule has 0 N–H and O–H groups in total. The zero-order chi connectivity index (χ0) is 16.6. The van der Waals surface area contributed by atoms with E-state index in [1.165, 1.54) is 5.52 Å². The van der Waals surface area contributed by atoms with E-state index in [2.05, 4.69) is 55.5 Å². The van der Waals surface area contributed by atoms with Gasteiger partial charge in [-0.2, -0.15) is 0 Å². The van der Waals surface area contributed by atoms with Gasteiger partial charge in [-0.05, 0) is 52.0 Å². The molecule has 1 aromatic heterocycles. The Morgan fingerprint density at radius 1 is 0.957 bits per heavy atom. The highest BCUT2D eigenvalue weighted by Gasteiger charge is 2.23. The zero-order valence-corrected chi connectivity index (χ0v) is 14.6. The van der Waals surface area contributed by atoms with Gasteiger partial charge in [0.25, 0.3) is 5.91 Å². The number of rotatable bonds is 3. The molecule has 0 saturated carbocycles. The summed E-state index contributed by atoms with van der Waals surface area (Å²) in [6, 6.07) is 9.16. The molecule has 1 fully saturated rings. The normalized spacial score (nSPS) is 16.7. The SMILES string of the molecule is CC(C)N1CCN(C(=O)c2ccc3c(ccn3C(C)C)c2)CC1. The van der Waals surface area contributed by atoms with Crippen LogP contribution in [0.5, 0.6) is 0 Å². The molecule has 1 amide bonds. The summed E-state index contributed by atoms with van der Waals surface area (Å²) >= 11 is 0. The maximum Gasteiger partial charge on any atom is 0.253 e. The second-order valence-electron chi connectivity index (χ2n) is 7.01. The molecule has 0 radical (unpaired) electrons. The molecule has 0 unspecified atom stereocenters. The van der Waals surface area contributed by atoms with Crippen molar-refractivity contribution < 1.29 is 4.79 Å². The average Bonchev–Trinajstić information content (AvgIpc) is 2.97. The number of carbonyl (C=O) groups is 1. The predicted molar refractivity (Wildman–Crippen MR) is 94.9 cm³/mol. The minimum absolute atomic E-state index is 0.160. The van der Waals surface area contributed by atoms with Gasteiger partial charge in [0, 0.05) is 60.9 Å². The molecule has 0 atom stereocenters. The topological polar surface area (TPSA) is 28.5 Å². The first-order valence-corrected chi connectivity index (χ1v) is 8.61. The number of piperazine rings is 1. The number of nitrogens with zero attached hydrogens (tertiary/aromatic N) is 3. The summed E-state index contributed by atoms with van der Waals surface area (Å²) in [6.45, 7) is 12.4. The van der Waals surface area contributed by atoms with Gasteiger partial charge < -0.3 is 9.47 Å². The summed E-state index contributed by atoms with van der Waals surface area (Å²) in [5.74, 6) is 0.160. The number of carbonyl (C=O) groups excluding carboxylic acids is 1. The first-order valence-electron chi connectivity index (χ1n) is 8.61. The highest BCUT2D eigenvalue weighted by Crippen LogP contribution is 2.22. The van der Waals surface area contributed by atoms with Crippen LogP contribution in [0.3, 0.4) is 0 Å². The fraction of sp³-hybridized carbons (Fsp3) is 0.526. The summed E-state index contributed by atoms with van der Waals surface area (Å²) in [5.41, 5.74) is 2.00. The fourth-order valence-electron chi connectivity index (χ4n) is 3.37. The Labute approximate surface area is 138 Å². The first kappa shape index (κ1) is 16.1. The second-order valence-corrected chi connectivity index (χ2v) is 7.01. The maximum atomic E-state index is 12.8. The number of hydrogen-bond acceptors (Lipinski definition) is 2. The van der Waals surface area contributed by atoms with E-state index >= 15 is 0 Å². The monoisotopic (exact) mass is 313 g/mol. The van der Waals surface area contributed by atoms with Crippen molar-refractivity contribution in [3.05, 3.63) is 36.0 Å². The first-order chi connectivity index (χ1) is 11.0. The Kier molecular flexibility index (Phi) is 4.44. The van der Waals surface area contributed by atoms with E-state index in [4.69, 9.17) is 0 Å². The summed E-state index contributed by atoms with van der Waals surface area (Å²) in [6.07, 6.45) is 2.10. The highest BCUT2D eigenvalue weighted by molar-refractivity contribution is 5.98. The number of fused-ring (bicyclic) bond motifs is 1. The van der Waals surface area contributed by atoms with Crippen LogP contribution in [0.15, 0.2) is 30.5 Å². The van der Waals surface area contributed by atoms with Crippen LogP contribution in [0.1, 0.15) is 44.1 Å². The lowest BCUT2D eigenvalue weighted by Crippen LogP contribution is -2.50. The molecule has 2 heterocycles. The van der Waals surface area contributed by atoms with E-state index in [1.807, 2.05) is 17.0 Å². The Balaban J connectivity index is 1.77. The van der Waals surface area contributed by atoms with Crippen molar-refractivity contribution in [1.82, 2.24) is 14.4 Å². The van der Waals surface area contributed by atoms with Crippen LogP contribution >= 0.6 is 0 Å². The van der Waals surface area contributed by atoms with Crippen LogP contribution in [0, 0.1) is 0 Å². The number of amides is 1. The van der Waals surface area contributed by atoms with Gasteiger partial charge in [-0.1, -0.05) is 0 Å². The lowest BCUT2D eigenvalue weighted by Gasteiger charge is -2.37. The summed E-state index contributed by atoms with van der Waals surface area (Å²) in [5, 5.41) is 1.14. The maximum absolute atomic E-state index is 12.8. The van der Waals surface area contributed by atoms with Gasteiger partial charge in [-0.3, -0.25) is 9.69 Å². The summed E-state index contributed by atoms with van der Waals surface area (Å²) in [4.78, 5) is 17.2. The Hall–Kier alpha value is -1.81. The molecule has 3 rings (SSSR count). The fourth-order valence-corrected chi connectivity index (χ4v) is 3.37. The summed E-state index contributed by atoms with van der Waals surface area (Å²) < 4.78 is 2.24. The van der Waals surface area contributed by atoms with Crippen molar-refractivity contribution in [2.75, 3.05) is 26.2 Å². The molecule has 4 nitrogen and oxygen atoms in total. The van der Waals surface area contributed by atoms with E-state index in [-0.39, 0.29) is 5.91 Å². The zero-order valence-electron chi connectivity index (χ0n) is 14.6. The molecule has 4 heteroatoms. The molecule has 1 aliphatic heterocycles. The minimum atomic E-state index is 0.160.